The zero-order chi connectivity index (χ0) is 32.9. The first-order chi connectivity index (χ1) is 21.7. The number of carbonyl (C=O) groups excluding carboxylic acids is 2. The van der Waals surface area contributed by atoms with Gasteiger partial charge < -0.3 is 15.4 Å². The van der Waals surface area contributed by atoms with Crippen LogP contribution in [-0.2, 0) is 25.0 Å². The number of rotatable bonds is 11. The molecule has 4 fully saturated rings. The van der Waals surface area contributed by atoms with Gasteiger partial charge in [0.25, 0.3) is 5.91 Å². The second kappa shape index (κ2) is 12.2. The minimum absolute atomic E-state index is 0.0622. The second-order valence-corrected chi connectivity index (χ2v) is 16.5. The van der Waals surface area contributed by atoms with Crippen LogP contribution in [0.5, 0.6) is 5.75 Å². The van der Waals surface area contributed by atoms with Crippen LogP contribution in [0.15, 0.2) is 36.4 Å². The molecule has 8 nitrogen and oxygen atoms in total. The predicted octanol–water partition coefficient (Wildman–Crippen LogP) is 5.40. The van der Waals surface area contributed by atoms with E-state index in [1.807, 2.05) is 6.07 Å². The molecule has 3 aliphatic carbocycles. The molecule has 6 rings (SSSR count). The molecule has 1 saturated heterocycles. The molecule has 0 radical (unpaired) electrons. The number of alkyl halides is 1. The molecule has 0 unspecified atom stereocenters. The molecule has 1 spiro atoms. The first-order valence-corrected chi connectivity index (χ1v) is 18.3. The van der Waals surface area contributed by atoms with Crippen molar-refractivity contribution < 1.29 is 31.5 Å². The second-order valence-electron chi connectivity index (χ2n) is 14.4. The Bertz CT molecular complexity index is 1620. The summed E-state index contributed by atoms with van der Waals surface area (Å²) in [4.78, 5) is 26.0. The maximum atomic E-state index is 15.4. The van der Waals surface area contributed by atoms with Gasteiger partial charge in [-0.3, -0.25) is 14.3 Å². The fourth-order valence-corrected chi connectivity index (χ4v) is 7.91. The van der Waals surface area contributed by atoms with Crippen molar-refractivity contribution in [2.45, 2.75) is 107 Å². The van der Waals surface area contributed by atoms with Crippen molar-refractivity contribution in [2.75, 3.05) is 18.9 Å². The number of sulfonamides is 1. The molecule has 250 valence electrons. The number of nitrogens with one attached hydrogen (secondary N) is 3. The first-order valence-electron chi connectivity index (χ1n) is 16.6. The summed E-state index contributed by atoms with van der Waals surface area (Å²) in [5.74, 6) is -0.922. The molecule has 0 bridgehead atoms. The third-order valence-electron chi connectivity index (χ3n) is 10.9. The Balaban J connectivity index is 1.18. The van der Waals surface area contributed by atoms with Crippen LogP contribution in [-0.4, -0.2) is 56.4 Å². The Morgan fingerprint density at radius 3 is 2.43 bits per heavy atom. The maximum absolute atomic E-state index is 15.4. The summed E-state index contributed by atoms with van der Waals surface area (Å²) in [5.41, 5.74) is -0.752. The Kier molecular flexibility index (Phi) is 8.72. The van der Waals surface area contributed by atoms with Gasteiger partial charge in [-0.15, -0.1) is 0 Å². The average Bonchev–Trinajstić information content (AvgIpc) is 3.34. The summed E-state index contributed by atoms with van der Waals surface area (Å²) in [5, 5.41) is 6.15. The van der Waals surface area contributed by atoms with Gasteiger partial charge in [0, 0.05) is 30.1 Å². The van der Waals surface area contributed by atoms with Gasteiger partial charge in [0.2, 0.25) is 21.6 Å². The molecule has 4 aliphatic rings. The molecule has 0 aromatic heterocycles. The van der Waals surface area contributed by atoms with Gasteiger partial charge in [-0.1, -0.05) is 24.6 Å². The summed E-state index contributed by atoms with van der Waals surface area (Å²) >= 11 is 0. The van der Waals surface area contributed by atoms with Gasteiger partial charge in [0.05, 0.1) is 17.8 Å². The molecule has 1 aliphatic heterocycles. The lowest BCUT2D eigenvalue weighted by Crippen LogP contribution is -2.53. The summed E-state index contributed by atoms with van der Waals surface area (Å²) < 4.78 is 63.6. The normalized spacial score (nSPS) is 25.7. The van der Waals surface area contributed by atoms with E-state index >= 15 is 8.78 Å². The highest BCUT2D eigenvalue weighted by atomic mass is 32.2. The molecule has 2 aromatic rings. The van der Waals surface area contributed by atoms with Crippen molar-refractivity contribution in [3.05, 3.63) is 53.3 Å². The third kappa shape index (κ3) is 6.29. The van der Waals surface area contributed by atoms with E-state index in [4.69, 9.17) is 4.74 Å². The van der Waals surface area contributed by atoms with Crippen LogP contribution >= 0.6 is 0 Å². The maximum Gasteiger partial charge on any atom is 0.259 e. The van der Waals surface area contributed by atoms with Crippen LogP contribution in [0.1, 0.15) is 95.6 Å². The number of carbonyl (C=O) groups is 2. The monoisotopic (exact) mass is 657 g/mol. The van der Waals surface area contributed by atoms with Crippen molar-refractivity contribution in [1.29, 1.82) is 0 Å². The van der Waals surface area contributed by atoms with E-state index in [1.165, 1.54) is 13.0 Å². The van der Waals surface area contributed by atoms with Gasteiger partial charge in [0.15, 0.2) is 0 Å². The fourth-order valence-electron chi connectivity index (χ4n) is 7.23. The van der Waals surface area contributed by atoms with E-state index in [2.05, 4.69) is 15.4 Å². The van der Waals surface area contributed by atoms with Crippen molar-refractivity contribution in [1.82, 2.24) is 15.4 Å². The SMILES string of the molecule is CCS(=O)(=O)NC(=O)C(C)(C)c1ccc(OCC2CC(NC(=O)[C@]3(F)CNC4(CCC4)C3)C2)c(-c2cccc(F)c2C2CCC2)c1. The minimum Gasteiger partial charge on any atom is -0.493 e. The topological polar surface area (TPSA) is 114 Å². The smallest absolute Gasteiger partial charge is 0.259 e. The van der Waals surface area contributed by atoms with Gasteiger partial charge in [0.1, 0.15) is 11.6 Å². The Labute approximate surface area is 270 Å². The van der Waals surface area contributed by atoms with Crippen molar-refractivity contribution in [3.63, 3.8) is 0 Å². The number of benzene rings is 2. The van der Waals surface area contributed by atoms with Crippen LogP contribution in [0, 0.1) is 11.7 Å². The summed E-state index contributed by atoms with van der Waals surface area (Å²) in [6.45, 7) is 5.20. The predicted molar refractivity (Wildman–Crippen MR) is 172 cm³/mol. The Morgan fingerprint density at radius 1 is 1.09 bits per heavy atom. The molecule has 3 saturated carbocycles. The van der Waals surface area contributed by atoms with E-state index < -0.39 is 32.9 Å². The van der Waals surface area contributed by atoms with Gasteiger partial charge in [-0.25, -0.2) is 17.2 Å². The van der Waals surface area contributed by atoms with E-state index in [1.54, 1.807) is 38.1 Å². The van der Waals surface area contributed by atoms with E-state index in [9.17, 15) is 18.0 Å². The van der Waals surface area contributed by atoms with Gasteiger partial charge in [-0.05, 0) is 112 Å². The number of amides is 2. The number of hydrogen-bond acceptors (Lipinski definition) is 6. The lowest BCUT2D eigenvalue weighted by molar-refractivity contribution is -0.134. The Hall–Kier alpha value is -3.05. The van der Waals surface area contributed by atoms with E-state index in [0.717, 1.165) is 38.5 Å². The van der Waals surface area contributed by atoms with Crippen LogP contribution < -0.4 is 20.1 Å². The van der Waals surface area contributed by atoms with Gasteiger partial charge >= 0.3 is 0 Å². The van der Waals surface area contributed by atoms with Crippen molar-refractivity contribution in [2.24, 2.45) is 5.92 Å². The van der Waals surface area contributed by atoms with Crippen LogP contribution in [0.4, 0.5) is 8.78 Å². The standard InChI is InChI=1S/C35H45F2N3O5S/c1-4-46(43,44)40-31(41)33(2,3)24-12-13-29(27(18-24)26-10-6-11-28(36)30(26)23-8-5-9-23)45-19-22-16-25(17-22)39-32(42)35(37)20-34(38-21-35)14-7-15-34/h6,10-13,18,22-23,25,38H,4-5,7-9,14-17,19-21H2,1-3H3,(H,39,42)(H,40,41)/t22?,25?,35-/m1/s1. The summed E-state index contributed by atoms with van der Waals surface area (Å²) in [6.07, 6.45) is 7.28. The lowest BCUT2D eigenvalue weighted by Gasteiger charge is -2.39. The molecule has 11 heteroatoms. The molecule has 2 amide bonds. The zero-order valence-corrected chi connectivity index (χ0v) is 27.7. The first kappa shape index (κ1) is 32.9. The van der Waals surface area contributed by atoms with Crippen LogP contribution in [0.2, 0.25) is 0 Å². The molecule has 1 heterocycles. The van der Waals surface area contributed by atoms with Gasteiger partial charge in [-0.2, -0.15) is 0 Å². The number of hydrogen-bond donors (Lipinski definition) is 3. The molecular weight excluding hydrogens is 612 g/mol. The molecule has 46 heavy (non-hydrogen) atoms. The van der Waals surface area contributed by atoms with Crippen LogP contribution in [0.25, 0.3) is 11.1 Å². The average molecular weight is 658 g/mol. The minimum atomic E-state index is -3.76. The fraction of sp³-hybridized carbons (Fsp3) is 0.600. The van der Waals surface area contributed by atoms with Crippen molar-refractivity contribution >= 4 is 21.8 Å². The van der Waals surface area contributed by atoms with Crippen molar-refractivity contribution in [3.8, 4) is 16.9 Å². The highest BCUT2D eigenvalue weighted by Crippen LogP contribution is 2.46. The quantitative estimate of drug-likeness (QED) is 0.298. The molecule has 3 N–H and O–H groups in total. The Morgan fingerprint density at radius 2 is 1.83 bits per heavy atom. The molecule has 2 aromatic carbocycles. The lowest BCUT2D eigenvalue weighted by atomic mass is 9.73. The highest BCUT2D eigenvalue weighted by Gasteiger charge is 2.55. The zero-order valence-electron chi connectivity index (χ0n) is 26.9. The third-order valence-corrected chi connectivity index (χ3v) is 12.1. The largest absolute Gasteiger partial charge is 0.493 e. The van der Waals surface area contributed by atoms with Crippen LogP contribution in [0.3, 0.4) is 0 Å². The highest BCUT2D eigenvalue weighted by molar-refractivity contribution is 7.90. The summed E-state index contributed by atoms with van der Waals surface area (Å²) in [6, 6.07) is 10.2. The molecule has 1 atom stereocenters. The van der Waals surface area contributed by atoms with E-state index in [-0.39, 0.29) is 48.0 Å². The summed E-state index contributed by atoms with van der Waals surface area (Å²) in [7, 11) is -3.76. The number of ether oxygens (including phenoxy) is 1. The van der Waals surface area contributed by atoms with E-state index in [0.29, 0.717) is 47.5 Å². The molecular formula is C35H45F2N3O5S. The number of halogens is 2.